The van der Waals surface area contributed by atoms with Crippen LogP contribution in [0.3, 0.4) is 0 Å². The molecule has 0 spiro atoms. The van der Waals surface area contributed by atoms with E-state index < -0.39 is 0 Å². The Morgan fingerprint density at radius 2 is 2.14 bits per heavy atom. The third-order valence-electron chi connectivity index (χ3n) is 1.98. The molecule has 0 N–H and O–H groups in total. The van der Waals surface area contributed by atoms with E-state index in [0.717, 1.165) is 19.4 Å². The first-order valence-electron chi connectivity index (χ1n) is 5.20. The van der Waals surface area contributed by atoms with Gasteiger partial charge in [-0.1, -0.05) is 11.8 Å². The SMILES string of the molecule is CCOCC#CCOC1CCCCO1. The summed E-state index contributed by atoms with van der Waals surface area (Å²) >= 11 is 0. The average molecular weight is 198 g/mol. The molecule has 1 rings (SSSR count). The fraction of sp³-hybridized carbons (Fsp3) is 0.818. The lowest BCUT2D eigenvalue weighted by atomic mass is 10.2. The van der Waals surface area contributed by atoms with E-state index in [1.807, 2.05) is 6.92 Å². The molecule has 80 valence electrons. The second-order valence-corrected chi connectivity index (χ2v) is 3.10. The molecular weight excluding hydrogens is 180 g/mol. The fourth-order valence-corrected chi connectivity index (χ4v) is 1.23. The van der Waals surface area contributed by atoms with Gasteiger partial charge in [0.25, 0.3) is 0 Å². The standard InChI is InChI=1S/C11H18O3/c1-2-12-8-5-6-10-14-11-7-3-4-9-13-11/h11H,2-4,7-10H2,1H3. The van der Waals surface area contributed by atoms with E-state index in [2.05, 4.69) is 11.8 Å². The van der Waals surface area contributed by atoms with Crippen molar-refractivity contribution in [1.82, 2.24) is 0 Å². The van der Waals surface area contributed by atoms with Gasteiger partial charge in [-0.25, -0.2) is 0 Å². The van der Waals surface area contributed by atoms with Crippen molar-refractivity contribution in [2.45, 2.75) is 32.5 Å². The molecule has 1 atom stereocenters. The number of hydrogen-bond donors (Lipinski definition) is 0. The Labute approximate surface area is 85.7 Å². The monoisotopic (exact) mass is 198 g/mol. The summed E-state index contributed by atoms with van der Waals surface area (Å²) in [7, 11) is 0. The molecule has 1 fully saturated rings. The van der Waals surface area contributed by atoms with Crippen LogP contribution < -0.4 is 0 Å². The highest BCUT2D eigenvalue weighted by molar-refractivity contribution is 4.99. The van der Waals surface area contributed by atoms with E-state index in [1.165, 1.54) is 6.42 Å². The summed E-state index contributed by atoms with van der Waals surface area (Å²) in [4.78, 5) is 0. The first-order chi connectivity index (χ1) is 6.93. The second-order valence-electron chi connectivity index (χ2n) is 3.10. The normalized spacial score (nSPS) is 21.4. The van der Waals surface area contributed by atoms with Gasteiger partial charge in [0.2, 0.25) is 0 Å². The molecule has 0 radical (unpaired) electrons. The maximum Gasteiger partial charge on any atom is 0.158 e. The fourth-order valence-electron chi connectivity index (χ4n) is 1.23. The van der Waals surface area contributed by atoms with Crippen molar-refractivity contribution < 1.29 is 14.2 Å². The molecule has 1 heterocycles. The molecule has 3 nitrogen and oxygen atoms in total. The van der Waals surface area contributed by atoms with Gasteiger partial charge in [0.1, 0.15) is 13.2 Å². The molecule has 0 aromatic rings. The molecule has 1 unspecified atom stereocenters. The third-order valence-corrected chi connectivity index (χ3v) is 1.98. The van der Waals surface area contributed by atoms with Gasteiger partial charge in [-0.3, -0.25) is 0 Å². The van der Waals surface area contributed by atoms with Crippen LogP contribution in [-0.2, 0) is 14.2 Å². The zero-order valence-corrected chi connectivity index (χ0v) is 8.75. The van der Waals surface area contributed by atoms with E-state index in [0.29, 0.717) is 19.8 Å². The van der Waals surface area contributed by atoms with Crippen molar-refractivity contribution in [2.24, 2.45) is 0 Å². The highest BCUT2D eigenvalue weighted by Gasteiger charge is 2.12. The van der Waals surface area contributed by atoms with Crippen LogP contribution in [0.5, 0.6) is 0 Å². The van der Waals surface area contributed by atoms with Crippen molar-refractivity contribution in [2.75, 3.05) is 26.4 Å². The zero-order chi connectivity index (χ0) is 10.1. The molecule has 0 aromatic carbocycles. The summed E-state index contributed by atoms with van der Waals surface area (Å²) in [6.45, 7) is 4.41. The summed E-state index contributed by atoms with van der Waals surface area (Å²) < 4.78 is 15.9. The summed E-state index contributed by atoms with van der Waals surface area (Å²) in [6, 6.07) is 0. The van der Waals surface area contributed by atoms with E-state index in [-0.39, 0.29) is 6.29 Å². The average Bonchev–Trinajstić information content (AvgIpc) is 2.25. The van der Waals surface area contributed by atoms with Crippen LogP contribution in [0.2, 0.25) is 0 Å². The Kier molecular flexibility index (Phi) is 6.42. The van der Waals surface area contributed by atoms with Gasteiger partial charge in [-0.05, 0) is 26.2 Å². The molecule has 0 saturated carbocycles. The molecule has 0 bridgehead atoms. The molecule has 3 heteroatoms. The van der Waals surface area contributed by atoms with Crippen LogP contribution in [0, 0.1) is 11.8 Å². The lowest BCUT2D eigenvalue weighted by Crippen LogP contribution is -2.22. The molecule has 1 saturated heterocycles. The first-order valence-corrected chi connectivity index (χ1v) is 5.20. The summed E-state index contributed by atoms with van der Waals surface area (Å²) in [5, 5.41) is 0. The molecule has 0 aromatic heterocycles. The van der Waals surface area contributed by atoms with Crippen molar-refractivity contribution >= 4 is 0 Å². The molecule has 1 aliphatic rings. The van der Waals surface area contributed by atoms with Gasteiger partial charge in [0.05, 0.1) is 0 Å². The maximum atomic E-state index is 5.41. The highest BCUT2D eigenvalue weighted by Crippen LogP contribution is 2.12. The summed E-state index contributed by atoms with van der Waals surface area (Å²) in [5.74, 6) is 5.76. The van der Waals surface area contributed by atoms with Crippen LogP contribution in [0.1, 0.15) is 26.2 Å². The predicted molar refractivity (Wildman–Crippen MR) is 53.8 cm³/mol. The minimum atomic E-state index is -0.0369. The molecule has 0 amide bonds. The van der Waals surface area contributed by atoms with Gasteiger partial charge in [0, 0.05) is 13.2 Å². The van der Waals surface area contributed by atoms with Crippen LogP contribution in [-0.4, -0.2) is 32.7 Å². The van der Waals surface area contributed by atoms with Crippen LogP contribution in [0.25, 0.3) is 0 Å². The van der Waals surface area contributed by atoms with Crippen LogP contribution >= 0.6 is 0 Å². The quantitative estimate of drug-likeness (QED) is 0.507. The molecular formula is C11H18O3. The number of ether oxygens (including phenoxy) is 3. The Hall–Kier alpha value is -0.560. The second kappa shape index (κ2) is 7.81. The topological polar surface area (TPSA) is 27.7 Å². The Balaban J connectivity index is 1.98. The van der Waals surface area contributed by atoms with Crippen molar-refractivity contribution in [3.05, 3.63) is 0 Å². The lowest BCUT2D eigenvalue weighted by Gasteiger charge is -2.21. The highest BCUT2D eigenvalue weighted by atomic mass is 16.7. The minimum Gasteiger partial charge on any atom is -0.369 e. The largest absolute Gasteiger partial charge is 0.369 e. The Morgan fingerprint density at radius 1 is 1.29 bits per heavy atom. The van der Waals surface area contributed by atoms with Crippen LogP contribution in [0.4, 0.5) is 0 Å². The lowest BCUT2D eigenvalue weighted by molar-refractivity contribution is -0.154. The third kappa shape index (κ3) is 5.23. The van der Waals surface area contributed by atoms with Crippen molar-refractivity contribution in [1.29, 1.82) is 0 Å². The molecule has 0 aliphatic carbocycles. The van der Waals surface area contributed by atoms with E-state index in [1.54, 1.807) is 0 Å². The van der Waals surface area contributed by atoms with E-state index in [9.17, 15) is 0 Å². The smallest absolute Gasteiger partial charge is 0.158 e. The summed E-state index contributed by atoms with van der Waals surface area (Å²) in [5.41, 5.74) is 0. The first kappa shape index (κ1) is 11.5. The van der Waals surface area contributed by atoms with Crippen molar-refractivity contribution in [3.63, 3.8) is 0 Å². The predicted octanol–water partition coefficient (Wildman–Crippen LogP) is 1.57. The molecule has 1 aliphatic heterocycles. The Bertz CT molecular complexity index is 186. The minimum absolute atomic E-state index is 0.0369. The van der Waals surface area contributed by atoms with Crippen molar-refractivity contribution in [3.8, 4) is 11.8 Å². The van der Waals surface area contributed by atoms with E-state index in [4.69, 9.17) is 14.2 Å². The van der Waals surface area contributed by atoms with E-state index >= 15 is 0 Å². The summed E-state index contributed by atoms with van der Waals surface area (Å²) in [6.07, 6.45) is 3.30. The number of hydrogen-bond acceptors (Lipinski definition) is 3. The van der Waals surface area contributed by atoms with Crippen LogP contribution in [0.15, 0.2) is 0 Å². The molecule has 14 heavy (non-hydrogen) atoms. The van der Waals surface area contributed by atoms with Gasteiger partial charge in [-0.2, -0.15) is 0 Å². The van der Waals surface area contributed by atoms with Gasteiger partial charge in [0.15, 0.2) is 6.29 Å². The zero-order valence-electron chi connectivity index (χ0n) is 8.75. The van der Waals surface area contributed by atoms with Gasteiger partial charge >= 0.3 is 0 Å². The van der Waals surface area contributed by atoms with Gasteiger partial charge < -0.3 is 14.2 Å². The maximum absolute atomic E-state index is 5.41. The van der Waals surface area contributed by atoms with Gasteiger partial charge in [-0.15, -0.1) is 0 Å². The Morgan fingerprint density at radius 3 is 2.86 bits per heavy atom. The number of rotatable bonds is 4.